The third kappa shape index (κ3) is 5.88. The molecule has 0 radical (unpaired) electrons. The molecule has 1 unspecified atom stereocenters. The zero-order valence-corrected chi connectivity index (χ0v) is 19.5. The maximum atomic E-state index is 13.0. The number of anilines is 1. The van der Waals surface area contributed by atoms with E-state index in [4.69, 9.17) is 4.74 Å². The molecule has 1 aliphatic carbocycles. The van der Waals surface area contributed by atoms with Gasteiger partial charge in [0.25, 0.3) is 15.9 Å². The lowest BCUT2D eigenvalue weighted by atomic mass is 9.95. The van der Waals surface area contributed by atoms with Crippen molar-refractivity contribution in [2.24, 2.45) is 0 Å². The van der Waals surface area contributed by atoms with Gasteiger partial charge in [0.2, 0.25) is 0 Å². The molecule has 8 heteroatoms. The summed E-state index contributed by atoms with van der Waals surface area (Å²) in [6.45, 7) is 5.03. The van der Waals surface area contributed by atoms with Gasteiger partial charge in [-0.3, -0.25) is 9.52 Å². The van der Waals surface area contributed by atoms with E-state index in [2.05, 4.69) is 10.0 Å². The van der Waals surface area contributed by atoms with Crippen LogP contribution in [0.4, 0.5) is 5.69 Å². The first-order valence-corrected chi connectivity index (χ1v) is 12.4. The first-order valence-electron chi connectivity index (χ1n) is 10.9. The minimum atomic E-state index is -3.92. The monoisotopic (exact) mass is 458 g/mol. The van der Waals surface area contributed by atoms with Crippen LogP contribution in [-0.2, 0) is 19.6 Å². The Kier molecular flexibility index (Phi) is 7.56. The number of aryl methyl sites for hydroxylation is 2. The van der Waals surface area contributed by atoms with Gasteiger partial charge in [-0.2, -0.15) is 0 Å². The smallest absolute Gasteiger partial charge is 0.341 e. The first-order chi connectivity index (χ1) is 15.2. The number of esters is 1. The Bertz CT molecular complexity index is 1090. The SMILES string of the molecule is Cc1ccc(C)c(S(=O)(=O)Nc2ccccc2C(=O)OC(C)C(=O)NC2CCCCC2)c1. The van der Waals surface area contributed by atoms with Crippen molar-refractivity contribution in [1.82, 2.24) is 5.32 Å². The van der Waals surface area contributed by atoms with Gasteiger partial charge in [0.1, 0.15) is 0 Å². The summed E-state index contributed by atoms with van der Waals surface area (Å²) in [4.78, 5) is 25.4. The Morgan fingerprint density at radius 3 is 2.44 bits per heavy atom. The molecule has 2 aromatic carbocycles. The Hall–Kier alpha value is -2.87. The predicted molar refractivity (Wildman–Crippen MR) is 123 cm³/mol. The Balaban J connectivity index is 1.73. The molecule has 2 N–H and O–H groups in total. The highest BCUT2D eigenvalue weighted by Crippen LogP contribution is 2.24. The van der Waals surface area contributed by atoms with E-state index in [-0.39, 0.29) is 28.1 Å². The number of rotatable bonds is 7. The second kappa shape index (κ2) is 10.2. The van der Waals surface area contributed by atoms with Crippen LogP contribution in [-0.4, -0.2) is 32.4 Å². The van der Waals surface area contributed by atoms with Crippen LogP contribution in [0.25, 0.3) is 0 Å². The number of carbonyl (C=O) groups excluding carboxylic acids is 2. The predicted octanol–water partition coefficient (Wildman–Crippen LogP) is 4.10. The molecule has 0 heterocycles. The number of sulfonamides is 1. The van der Waals surface area contributed by atoms with Gasteiger partial charge in [0, 0.05) is 6.04 Å². The normalized spacial score (nSPS) is 15.6. The highest BCUT2D eigenvalue weighted by atomic mass is 32.2. The van der Waals surface area contributed by atoms with Crippen molar-refractivity contribution in [3.05, 3.63) is 59.2 Å². The molecule has 0 aliphatic heterocycles. The molecule has 7 nitrogen and oxygen atoms in total. The van der Waals surface area contributed by atoms with Crippen molar-refractivity contribution in [1.29, 1.82) is 0 Å². The average Bonchev–Trinajstić information content (AvgIpc) is 2.76. The molecule has 172 valence electrons. The lowest BCUT2D eigenvalue weighted by Crippen LogP contribution is -2.42. The number of hydrogen-bond acceptors (Lipinski definition) is 5. The zero-order chi connectivity index (χ0) is 23.3. The molecule has 0 bridgehead atoms. The summed E-state index contributed by atoms with van der Waals surface area (Å²) in [5, 5.41) is 2.93. The molecule has 2 aromatic rings. The number of carbonyl (C=O) groups is 2. The van der Waals surface area contributed by atoms with E-state index in [0.29, 0.717) is 5.56 Å². The van der Waals surface area contributed by atoms with Crippen molar-refractivity contribution in [3.8, 4) is 0 Å². The molecule has 0 aromatic heterocycles. The molecule has 1 amide bonds. The van der Waals surface area contributed by atoms with Crippen LogP contribution in [0.5, 0.6) is 0 Å². The van der Waals surface area contributed by atoms with Gasteiger partial charge >= 0.3 is 5.97 Å². The van der Waals surface area contributed by atoms with E-state index in [1.807, 2.05) is 13.0 Å². The van der Waals surface area contributed by atoms with Crippen LogP contribution in [0.3, 0.4) is 0 Å². The van der Waals surface area contributed by atoms with Crippen LogP contribution in [0.15, 0.2) is 47.4 Å². The number of nitrogens with one attached hydrogen (secondary N) is 2. The molecule has 3 rings (SSSR count). The van der Waals surface area contributed by atoms with E-state index in [0.717, 1.165) is 31.2 Å². The van der Waals surface area contributed by atoms with E-state index < -0.39 is 22.1 Å². The molecule has 0 spiro atoms. The van der Waals surface area contributed by atoms with Crippen molar-refractivity contribution < 1.29 is 22.7 Å². The highest BCUT2D eigenvalue weighted by Gasteiger charge is 2.25. The highest BCUT2D eigenvalue weighted by molar-refractivity contribution is 7.92. The molecular formula is C24H30N2O5S. The van der Waals surface area contributed by atoms with Gasteiger partial charge in [-0.1, -0.05) is 43.5 Å². The van der Waals surface area contributed by atoms with E-state index in [1.54, 1.807) is 31.2 Å². The number of hydrogen-bond donors (Lipinski definition) is 2. The fourth-order valence-electron chi connectivity index (χ4n) is 3.79. The maximum Gasteiger partial charge on any atom is 0.341 e. The van der Waals surface area contributed by atoms with Gasteiger partial charge in [-0.15, -0.1) is 0 Å². The summed E-state index contributed by atoms with van der Waals surface area (Å²) in [5.41, 5.74) is 1.54. The van der Waals surface area contributed by atoms with Crippen molar-refractivity contribution in [2.75, 3.05) is 4.72 Å². The summed E-state index contributed by atoms with van der Waals surface area (Å²) in [6, 6.07) is 11.4. The van der Waals surface area contributed by atoms with E-state index in [9.17, 15) is 18.0 Å². The molecule has 1 saturated carbocycles. The quantitative estimate of drug-likeness (QED) is 0.609. The largest absolute Gasteiger partial charge is 0.449 e. The summed E-state index contributed by atoms with van der Waals surface area (Å²) in [5.74, 6) is -1.12. The fraction of sp³-hybridized carbons (Fsp3) is 0.417. The number of benzene rings is 2. The second-order valence-corrected chi connectivity index (χ2v) is 9.96. The van der Waals surface area contributed by atoms with Crippen LogP contribution in [0.2, 0.25) is 0 Å². The molecule has 32 heavy (non-hydrogen) atoms. The fourth-order valence-corrected chi connectivity index (χ4v) is 5.20. The van der Waals surface area contributed by atoms with Crippen molar-refractivity contribution in [3.63, 3.8) is 0 Å². The Labute approximate surface area is 189 Å². The minimum absolute atomic E-state index is 0.0405. The van der Waals surface area contributed by atoms with Crippen LogP contribution in [0.1, 0.15) is 60.5 Å². The van der Waals surface area contributed by atoms with E-state index >= 15 is 0 Å². The molecular weight excluding hydrogens is 428 g/mol. The molecule has 1 aliphatic rings. The van der Waals surface area contributed by atoms with Gasteiger partial charge in [0.05, 0.1) is 16.1 Å². The topological polar surface area (TPSA) is 102 Å². The Morgan fingerprint density at radius 2 is 1.72 bits per heavy atom. The van der Waals surface area contributed by atoms with Crippen LogP contribution >= 0.6 is 0 Å². The lowest BCUT2D eigenvalue weighted by molar-refractivity contribution is -0.130. The summed E-state index contributed by atoms with van der Waals surface area (Å²) in [6.07, 6.45) is 4.18. The van der Waals surface area contributed by atoms with Crippen molar-refractivity contribution >= 4 is 27.6 Å². The van der Waals surface area contributed by atoms with Gasteiger partial charge in [-0.25, -0.2) is 13.2 Å². The number of amides is 1. The Morgan fingerprint density at radius 1 is 1.03 bits per heavy atom. The summed E-state index contributed by atoms with van der Waals surface area (Å²) >= 11 is 0. The standard InChI is InChI=1S/C24H30N2O5S/c1-16-13-14-17(2)22(15-16)32(29,30)26-21-12-8-7-11-20(21)24(28)31-18(3)23(27)25-19-9-5-4-6-10-19/h7-8,11-15,18-19,26H,4-6,9-10H2,1-3H3,(H,25,27). The summed E-state index contributed by atoms with van der Waals surface area (Å²) < 4.78 is 33.8. The zero-order valence-electron chi connectivity index (χ0n) is 18.7. The van der Waals surface area contributed by atoms with E-state index in [1.165, 1.54) is 25.5 Å². The maximum absolute atomic E-state index is 13.0. The van der Waals surface area contributed by atoms with Gasteiger partial charge in [-0.05, 0) is 62.9 Å². The second-order valence-electron chi connectivity index (χ2n) is 8.31. The lowest BCUT2D eigenvalue weighted by Gasteiger charge is -2.24. The third-order valence-electron chi connectivity index (χ3n) is 5.63. The van der Waals surface area contributed by atoms with Gasteiger partial charge in [0.15, 0.2) is 6.10 Å². The average molecular weight is 459 g/mol. The molecule has 1 atom stereocenters. The minimum Gasteiger partial charge on any atom is -0.449 e. The van der Waals surface area contributed by atoms with Crippen LogP contribution < -0.4 is 10.0 Å². The van der Waals surface area contributed by atoms with Crippen molar-refractivity contribution in [2.45, 2.75) is 69.9 Å². The molecule has 0 saturated heterocycles. The first kappa shape index (κ1) is 23.8. The van der Waals surface area contributed by atoms with Gasteiger partial charge < -0.3 is 10.1 Å². The number of para-hydroxylation sites is 1. The molecule has 1 fully saturated rings. The summed E-state index contributed by atoms with van der Waals surface area (Å²) in [7, 11) is -3.92. The third-order valence-corrected chi connectivity index (χ3v) is 7.14. The van der Waals surface area contributed by atoms with Crippen LogP contribution in [0, 0.1) is 13.8 Å². The number of ether oxygens (including phenoxy) is 1.